The minimum Gasteiger partial charge on any atom is 0 e. The Balaban J connectivity index is 0. The second-order valence-electron chi connectivity index (χ2n) is 0. The quantitative estimate of drug-likeness (QED) is 0.457. The molecule has 30 valence electrons. The van der Waals surface area contributed by atoms with Gasteiger partial charge in [-0.3, -0.25) is 0 Å². The van der Waals surface area contributed by atoms with Crippen LogP contribution in [0, 0.1) is 0 Å². The summed E-state index contributed by atoms with van der Waals surface area (Å²) in [6.45, 7) is 0. The molecule has 0 heterocycles. The Hall–Kier alpha value is 1.90. The Morgan fingerprint density at radius 1 is 1.00 bits per heavy atom. The molecule has 0 amide bonds. The summed E-state index contributed by atoms with van der Waals surface area (Å²) < 4.78 is 0. The number of hydrogen-bond donors (Lipinski definition) is 0. The van der Waals surface area contributed by atoms with E-state index in [-0.39, 0.29) is 66.1 Å². The van der Waals surface area contributed by atoms with E-state index in [2.05, 4.69) is 0 Å². The van der Waals surface area contributed by atoms with Crippen molar-refractivity contribution in [2.75, 3.05) is 0 Å². The summed E-state index contributed by atoms with van der Waals surface area (Å²) in [6.07, 6.45) is 0. The smallest absolute Gasteiger partial charge is 0 e. The predicted octanol–water partition coefficient (Wildman–Crippen LogP) is -2.01. The van der Waals surface area contributed by atoms with Gasteiger partial charge in [-0.2, -0.15) is 0 Å². The molecular weight excluding hydrogens is 333 g/mol. The first-order valence-electron chi connectivity index (χ1n) is 0. The van der Waals surface area contributed by atoms with Crippen LogP contribution in [-0.2, 0) is 34.4 Å². The fourth-order valence-electron chi connectivity index (χ4n) is 0. The maximum atomic E-state index is 0. The molecule has 1 nitrogen and oxygen atoms in total. The van der Waals surface area contributed by atoms with E-state index in [9.17, 15) is 0 Å². The minimum absolute atomic E-state index is 0. The first-order valence-corrected chi connectivity index (χ1v) is 0. The van der Waals surface area contributed by atoms with Crippen molar-refractivity contribution in [1.29, 1.82) is 0 Å². The van der Waals surface area contributed by atoms with E-state index in [0.29, 0.717) is 0 Å². The van der Waals surface area contributed by atoms with E-state index in [1.165, 1.54) is 0 Å². The third-order valence-corrected chi connectivity index (χ3v) is 0. The van der Waals surface area contributed by atoms with Crippen LogP contribution in [0.25, 0.3) is 0 Å². The van der Waals surface area contributed by atoms with Gasteiger partial charge in [0.05, 0.1) is 0 Å². The standard InChI is InChI=1S/Bi.Cr.Fe.H2O.3H/h;;;1H2;;;. The second kappa shape index (κ2) is 20.7. The monoisotopic (exact) mass is 338 g/mol. The van der Waals surface area contributed by atoms with Crippen LogP contribution < -0.4 is 0 Å². The zero-order valence-electron chi connectivity index (χ0n) is 1.97. The van der Waals surface area contributed by atoms with Gasteiger partial charge >= 0.3 is 26.2 Å². The zero-order valence-corrected chi connectivity index (χ0v) is 9.85. The fourth-order valence-corrected chi connectivity index (χ4v) is 0. The Morgan fingerprint density at radius 2 is 1.00 bits per heavy atom. The molecule has 0 spiro atoms. The van der Waals surface area contributed by atoms with E-state index in [1.54, 1.807) is 0 Å². The van der Waals surface area contributed by atoms with E-state index < -0.39 is 0 Å². The van der Waals surface area contributed by atoms with Crippen molar-refractivity contribution in [3.05, 3.63) is 0 Å². The van der Waals surface area contributed by atoms with Gasteiger partial charge in [-0.25, -0.2) is 0 Å². The van der Waals surface area contributed by atoms with Crippen LogP contribution in [0.3, 0.4) is 0 Å². The van der Waals surface area contributed by atoms with Crippen LogP contribution in [-0.4, -0.2) is 31.7 Å². The topological polar surface area (TPSA) is 31.5 Å². The molecule has 0 fully saturated rings. The predicted molar refractivity (Wildman–Crippen MR) is 13.6 cm³/mol. The molecule has 4 heavy (non-hydrogen) atoms. The molecule has 0 radical (unpaired) electrons. The Labute approximate surface area is 65.6 Å². The molecule has 0 saturated heterocycles. The largest absolute Gasteiger partial charge is 0 e. The molecule has 0 saturated carbocycles. The maximum Gasteiger partial charge on any atom is 0 e. The van der Waals surface area contributed by atoms with Gasteiger partial charge in [0.25, 0.3) is 0 Å². The fraction of sp³-hybridized carbons (Fsp3) is 0. The summed E-state index contributed by atoms with van der Waals surface area (Å²) in [6, 6.07) is 0. The van der Waals surface area contributed by atoms with Crippen molar-refractivity contribution in [3.8, 4) is 0 Å². The van der Waals surface area contributed by atoms with Gasteiger partial charge < -0.3 is 5.48 Å². The van der Waals surface area contributed by atoms with Gasteiger partial charge in [-0.15, -0.1) is 0 Å². The maximum absolute atomic E-state index is 0. The second-order valence-corrected chi connectivity index (χ2v) is 0. The van der Waals surface area contributed by atoms with Crippen molar-refractivity contribution in [2.24, 2.45) is 0 Å². The molecule has 4 heteroatoms. The third kappa shape index (κ3) is 9.09. The Kier molecular flexibility index (Phi) is 203. The first-order chi connectivity index (χ1) is 0. The van der Waals surface area contributed by atoms with Crippen LogP contribution in [0.5, 0.6) is 0 Å². The molecule has 0 aromatic carbocycles. The van der Waals surface area contributed by atoms with Crippen molar-refractivity contribution in [3.63, 3.8) is 0 Å². The molecule has 0 aliphatic heterocycles. The molecule has 0 aliphatic carbocycles. The average molecular weight is 338 g/mol. The van der Waals surface area contributed by atoms with Gasteiger partial charge in [0.2, 0.25) is 0 Å². The Morgan fingerprint density at radius 3 is 1.00 bits per heavy atom. The van der Waals surface area contributed by atoms with E-state index >= 15 is 0 Å². The van der Waals surface area contributed by atoms with E-state index in [4.69, 9.17) is 0 Å². The summed E-state index contributed by atoms with van der Waals surface area (Å²) in [5.74, 6) is 0. The summed E-state index contributed by atoms with van der Waals surface area (Å²) in [4.78, 5) is 0. The number of hydrogen-bond acceptors (Lipinski definition) is 0. The molecule has 0 bridgehead atoms. The molecule has 0 atom stereocenters. The van der Waals surface area contributed by atoms with Crippen molar-refractivity contribution < 1.29 is 39.9 Å². The van der Waals surface area contributed by atoms with Crippen LogP contribution in [0.4, 0.5) is 0 Å². The van der Waals surface area contributed by atoms with E-state index in [0.717, 1.165) is 0 Å². The summed E-state index contributed by atoms with van der Waals surface area (Å²) in [7, 11) is 0. The summed E-state index contributed by atoms with van der Waals surface area (Å²) in [5.41, 5.74) is 0. The van der Waals surface area contributed by atoms with Gasteiger partial charge in [0.15, 0.2) is 0 Å². The third-order valence-electron chi connectivity index (χ3n) is 0. The van der Waals surface area contributed by atoms with Crippen LogP contribution in [0.15, 0.2) is 0 Å². The molecule has 0 unspecified atom stereocenters. The van der Waals surface area contributed by atoms with Gasteiger partial charge in [-0.1, -0.05) is 0 Å². The van der Waals surface area contributed by atoms with Crippen LogP contribution >= 0.6 is 0 Å². The van der Waals surface area contributed by atoms with E-state index in [1.807, 2.05) is 0 Å². The molecular formula is H5BiCrFeO. The molecule has 0 aromatic rings. The van der Waals surface area contributed by atoms with Crippen LogP contribution in [0.1, 0.15) is 0 Å². The molecule has 2 N–H and O–H groups in total. The average Bonchev–Trinajstić information content (AvgIpc) is 0. The molecule has 0 rings (SSSR count). The number of rotatable bonds is 0. The SMILES string of the molecule is O.[BiH3].[Cr].[Fe]. The normalized spacial score (nSPS) is 0. The zero-order chi connectivity index (χ0) is 0. The van der Waals surface area contributed by atoms with Crippen molar-refractivity contribution in [2.45, 2.75) is 0 Å². The minimum atomic E-state index is 0. The van der Waals surface area contributed by atoms with Crippen molar-refractivity contribution >= 4 is 26.2 Å². The first kappa shape index (κ1) is 39.3. The summed E-state index contributed by atoms with van der Waals surface area (Å²) in [5, 5.41) is 0. The van der Waals surface area contributed by atoms with Crippen LogP contribution in [0.2, 0.25) is 0 Å². The molecule has 0 aromatic heterocycles. The summed E-state index contributed by atoms with van der Waals surface area (Å²) >= 11 is 0. The van der Waals surface area contributed by atoms with Gasteiger partial charge in [0.1, 0.15) is 0 Å². The molecule has 0 aliphatic rings. The Bertz CT molecular complexity index is 8.00. The van der Waals surface area contributed by atoms with Gasteiger partial charge in [-0.05, 0) is 0 Å². The van der Waals surface area contributed by atoms with Crippen molar-refractivity contribution in [1.82, 2.24) is 0 Å². The van der Waals surface area contributed by atoms with Gasteiger partial charge in [0, 0.05) is 34.4 Å².